The van der Waals surface area contributed by atoms with E-state index in [0.29, 0.717) is 5.01 Å². The van der Waals surface area contributed by atoms with Crippen LogP contribution in [0.1, 0.15) is 30.7 Å². The van der Waals surface area contributed by atoms with E-state index in [0.717, 1.165) is 0 Å². The van der Waals surface area contributed by atoms with Crippen molar-refractivity contribution in [2.75, 3.05) is 6.61 Å². The first-order chi connectivity index (χ1) is 10.7. The van der Waals surface area contributed by atoms with Gasteiger partial charge in [0.2, 0.25) is 0 Å². The Labute approximate surface area is 136 Å². The number of fused-ring (bicyclic) bond motifs is 1. The van der Waals surface area contributed by atoms with Gasteiger partial charge in [-0.2, -0.15) is 5.26 Å². The normalized spacial score (nSPS) is 34.7. The lowest BCUT2D eigenvalue weighted by molar-refractivity contribution is -0.225. The summed E-state index contributed by atoms with van der Waals surface area (Å²) >= 11 is 1.25. The van der Waals surface area contributed by atoms with Gasteiger partial charge in [-0.05, 0) is 13.8 Å². The summed E-state index contributed by atoms with van der Waals surface area (Å²) in [4.78, 5) is 23.7. The van der Waals surface area contributed by atoms with Crippen molar-refractivity contribution in [2.24, 2.45) is 0 Å². The molecule has 126 valence electrons. The van der Waals surface area contributed by atoms with E-state index in [9.17, 15) is 9.46 Å². The molecule has 1 N–H and O–H groups in total. The number of rotatable bonds is 4. The van der Waals surface area contributed by atoms with Gasteiger partial charge in [-0.3, -0.25) is 4.57 Å². The van der Waals surface area contributed by atoms with Gasteiger partial charge in [0.15, 0.2) is 11.5 Å². The van der Waals surface area contributed by atoms with Gasteiger partial charge in [-0.25, -0.2) is 4.98 Å². The number of nitriles is 1. The molecule has 0 radical (unpaired) electrons. The average molecular weight is 361 g/mol. The van der Waals surface area contributed by atoms with E-state index in [1.165, 1.54) is 11.3 Å². The Morgan fingerprint density at radius 3 is 2.87 bits per heavy atom. The highest BCUT2D eigenvalue weighted by atomic mass is 32.1. The van der Waals surface area contributed by atoms with Gasteiger partial charge in [0.05, 0.1) is 6.61 Å². The molecule has 3 rings (SSSR count). The summed E-state index contributed by atoms with van der Waals surface area (Å²) in [7, 11) is -4.86. The van der Waals surface area contributed by atoms with Crippen molar-refractivity contribution >= 4 is 19.2 Å². The maximum Gasteiger partial charge on any atom is 0.265 e. The van der Waals surface area contributed by atoms with Crippen LogP contribution in [-0.2, 0) is 23.3 Å². The lowest BCUT2D eigenvalue weighted by Crippen LogP contribution is -2.33. The van der Waals surface area contributed by atoms with Crippen molar-refractivity contribution in [3.63, 3.8) is 0 Å². The summed E-state index contributed by atoms with van der Waals surface area (Å²) in [5.41, 5.74) is 0.266. The topological polar surface area (TPSA) is 134 Å². The molecule has 2 aliphatic rings. The van der Waals surface area contributed by atoms with Gasteiger partial charge in [0, 0.05) is 5.38 Å². The van der Waals surface area contributed by atoms with E-state index in [-0.39, 0.29) is 5.69 Å². The molecule has 0 spiro atoms. The van der Waals surface area contributed by atoms with Gasteiger partial charge in [-0.15, -0.1) is 11.3 Å². The van der Waals surface area contributed by atoms with E-state index < -0.39 is 44.6 Å². The van der Waals surface area contributed by atoms with Crippen molar-refractivity contribution in [3.05, 3.63) is 16.1 Å². The van der Waals surface area contributed by atoms with Crippen molar-refractivity contribution in [1.29, 1.82) is 5.26 Å². The van der Waals surface area contributed by atoms with Crippen molar-refractivity contribution in [3.8, 4) is 6.07 Å². The van der Waals surface area contributed by atoms with Crippen molar-refractivity contribution in [1.82, 2.24) is 4.98 Å². The van der Waals surface area contributed by atoms with E-state index in [1.54, 1.807) is 19.2 Å². The molecule has 1 aromatic heterocycles. The van der Waals surface area contributed by atoms with Crippen LogP contribution < -0.4 is 4.89 Å². The predicted molar refractivity (Wildman–Crippen MR) is 74.0 cm³/mol. The highest BCUT2D eigenvalue weighted by molar-refractivity contribution is 7.44. The molecule has 0 amide bonds. The highest BCUT2D eigenvalue weighted by Gasteiger charge is 2.56. The maximum atomic E-state index is 10.8. The number of nitrogens with zero attached hydrogens (tertiary/aromatic N) is 2. The fourth-order valence-electron chi connectivity index (χ4n) is 2.65. The summed E-state index contributed by atoms with van der Waals surface area (Å²) < 4.78 is 32.5. The van der Waals surface area contributed by atoms with E-state index in [4.69, 9.17) is 24.4 Å². The predicted octanol–water partition coefficient (Wildman–Crippen LogP) is 0.452. The third-order valence-electron chi connectivity index (χ3n) is 3.43. The second-order valence-corrected chi connectivity index (χ2v) is 7.69. The van der Waals surface area contributed by atoms with Crippen LogP contribution in [0.4, 0.5) is 0 Å². The number of ether oxygens (including phenoxy) is 3. The van der Waals surface area contributed by atoms with Crippen LogP contribution in [0.2, 0.25) is 0 Å². The zero-order chi connectivity index (χ0) is 16.8. The molecule has 11 heteroatoms. The molecule has 1 unspecified atom stereocenters. The summed E-state index contributed by atoms with van der Waals surface area (Å²) in [6.07, 6.45) is -2.44. The van der Waals surface area contributed by atoms with Crippen LogP contribution in [0.3, 0.4) is 0 Å². The summed E-state index contributed by atoms with van der Waals surface area (Å²) in [5, 5.41) is 11.0. The Kier molecular flexibility index (Phi) is 4.33. The van der Waals surface area contributed by atoms with Gasteiger partial charge in [0.25, 0.3) is 7.82 Å². The van der Waals surface area contributed by atoms with Crippen LogP contribution in [0.5, 0.6) is 0 Å². The van der Waals surface area contributed by atoms with Crippen LogP contribution in [0.15, 0.2) is 5.38 Å². The zero-order valence-corrected chi connectivity index (χ0v) is 14.0. The zero-order valence-electron chi connectivity index (χ0n) is 12.2. The van der Waals surface area contributed by atoms with Gasteiger partial charge >= 0.3 is 0 Å². The van der Waals surface area contributed by atoms with Crippen LogP contribution in [0, 0.1) is 11.3 Å². The molecule has 0 aromatic carbocycles. The Balaban J connectivity index is 1.81. The van der Waals surface area contributed by atoms with Crippen LogP contribution >= 0.6 is 19.2 Å². The molecule has 2 fully saturated rings. The summed E-state index contributed by atoms with van der Waals surface area (Å²) in [5.74, 6) is -0.870. The first-order valence-electron chi connectivity index (χ1n) is 6.73. The minimum absolute atomic E-state index is 0.266. The number of hydrogen-bond acceptors (Lipinski definition) is 9. The van der Waals surface area contributed by atoms with Gasteiger partial charge in [-0.1, -0.05) is 0 Å². The first kappa shape index (κ1) is 17.0. The molecule has 23 heavy (non-hydrogen) atoms. The molecular weight excluding hydrogens is 347 g/mol. The molecule has 3 heterocycles. The Hall–Kier alpha value is -0.890. The standard InChI is InChI=1S/C12H15N2O7PS/c1-12(2)20-8-7(4-18-22(15,16)17)19-10(9(8)21-12)11-14-6(3-13)5-23-11/h5,7-10H,4H2,1-2H3,(H2,15,16,17)/p-1/t7-,8-,9-,10-/m1/s1. The van der Waals surface area contributed by atoms with E-state index in [1.807, 2.05) is 6.07 Å². The minimum Gasteiger partial charge on any atom is -0.756 e. The number of aromatic nitrogens is 1. The lowest BCUT2D eigenvalue weighted by atomic mass is 10.1. The minimum atomic E-state index is -4.86. The van der Waals surface area contributed by atoms with Gasteiger partial charge < -0.3 is 28.5 Å². The maximum absolute atomic E-state index is 10.8. The Bertz CT molecular complexity index is 681. The molecule has 5 atom stereocenters. The molecule has 0 aliphatic carbocycles. The molecule has 2 saturated heterocycles. The molecule has 0 bridgehead atoms. The summed E-state index contributed by atoms with van der Waals surface area (Å²) in [6.45, 7) is 3.06. The first-order valence-corrected chi connectivity index (χ1v) is 9.11. The average Bonchev–Trinajstić information content (AvgIpc) is 3.08. The number of phosphoric acid groups is 1. The van der Waals surface area contributed by atoms with Crippen molar-refractivity contribution in [2.45, 2.75) is 44.1 Å². The summed E-state index contributed by atoms with van der Waals surface area (Å²) in [6, 6.07) is 1.94. The highest BCUT2D eigenvalue weighted by Crippen LogP contribution is 2.46. The molecule has 0 saturated carbocycles. The number of phosphoric ester groups is 1. The largest absolute Gasteiger partial charge is 0.756 e. The van der Waals surface area contributed by atoms with Crippen LogP contribution in [0.25, 0.3) is 0 Å². The fourth-order valence-corrected chi connectivity index (χ4v) is 3.80. The smallest absolute Gasteiger partial charge is 0.265 e. The molecule has 1 aromatic rings. The SMILES string of the molecule is CC1(C)O[C@@H]2[C@H](O1)[C@@H](COP(=O)([O-])O)O[C@H]2c1nc(C#N)cs1. The second-order valence-electron chi connectivity index (χ2n) is 5.61. The molecule has 9 nitrogen and oxygen atoms in total. The van der Waals surface area contributed by atoms with Crippen molar-refractivity contribution < 1.29 is 33.1 Å². The van der Waals surface area contributed by atoms with Gasteiger partial charge in [0.1, 0.15) is 35.5 Å². The number of thiazole rings is 1. The molecule has 2 aliphatic heterocycles. The molecular formula is C12H14N2O7PS-. The quantitative estimate of drug-likeness (QED) is 0.758. The third-order valence-corrected chi connectivity index (χ3v) is 4.81. The monoisotopic (exact) mass is 361 g/mol. The Morgan fingerprint density at radius 2 is 2.26 bits per heavy atom. The fraction of sp³-hybridized carbons (Fsp3) is 0.667. The van der Waals surface area contributed by atoms with E-state index in [2.05, 4.69) is 9.51 Å². The van der Waals surface area contributed by atoms with Crippen LogP contribution in [-0.4, -0.2) is 40.6 Å². The third kappa shape index (κ3) is 3.63. The Morgan fingerprint density at radius 1 is 1.57 bits per heavy atom. The second kappa shape index (κ2) is 5.88. The van der Waals surface area contributed by atoms with E-state index >= 15 is 0 Å². The lowest BCUT2D eigenvalue weighted by Gasteiger charge is -2.24. The number of hydrogen-bond donors (Lipinski definition) is 1.